The molecule has 22 heavy (non-hydrogen) atoms. The summed E-state index contributed by atoms with van der Waals surface area (Å²) in [5, 5.41) is 13.6. The van der Waals surface area contributed by atoms with Crippen LogP contribution >= 0.6 is 0 Å². The normalized spacial score (nSPS) is 16.6. The molecule has 116 valence electrons. The van der Waals surface area contributed by atoms with E-state index in [2.05, 4.69) is 5.10 Å². The van der Waals surface area contributed by atoms with E-state index in [-0.39, 0.29) is 11.2 Å². The standard InChI is InChI=1S/C14H13F2N3O3/c1-8-2-3-9-10(4-8)12(18-6-14(15,16)7-18)17-19(13(9)22)5-11(20)21/h2-4H,5-7H2,1H3,(H,20,21). The zero-order valence-electron chi connectivity index (χ0n) is 11.7. The molecule has 0 saturated carbocycles. The lowest BCUT2D eigenvalue weighted by Gasteiger charge is -2.40. The summed E-state index contributed by atoms with van der Waals surface area (Å²) < 4.78 is 27.0. The van der Waals surface area contributed by atoms with Crippen LogP contribution in [0.4, 0.5) is 14.6 Å². The van der Waals surface area contributed by atoms with Gasteiger partial charge in [0, 0.05) is 5.39 Å². The van der Waals surface area contributed by atoms with E-state index in [1.54, 1.807) is 18.2 Å². The second-order valence-electron chi connectivity index (χ2n) is 5.44. The van der Waals surface area contributed by atoms with Crippen LogP contribution in [0.15, 0.2) is 23.0 Å². The zero-order valence-corrected chi connectivity index (χ0v) is 11.7. The molecule has 0 radical (unpaired) electrons. The quantitative estimate of drug-likeness (QED) is 0.923. The molecule has 6 nitrogen and oxygen atoms in total. The van der Waals surface area contributed by atoms with Crippen molar-refractivity contribution in [1.29, 1.82) is 0 Å². The van der Waals surface area contributed by atoms with Crippen LogP contribution in [0.1, 0.15) is 5.56 Å². The summed E-state index contributed by atoms with van der Waals surface area (Å²) in [5.41, 5.74) is 0.312. The number of anilines is 1. The van der Waals surface area contributed by atoms with Crippen molar-refractivity contribution in [3.63, 3.8) is 0 Å². The molecule has 1 aliphatic heterocycles. The molecule has 2 heterocycles. The number of benzene rings is 1. The molecular weight excluding hydrogens is 296 g/mol. The van der Waals surface area contributed by atoms with Gasteiger partial charge in [-0.15, -0.1) is 0 Å². The van der Waals surface area contributed by atoms with Crippen LogP contribution in [0, 0.1) is 6.92 Å². The molecular formula is C14H13F2N3O3. The Morgan fingerprint density at radius 3 is 2.64 bits per heavy atom. The third kappa shape index (κ3) is 2.40. The van der Waals surface area contributed by atoms with Crippen molar-refractivity contribution in [1.82, 2.24) is 9.78 Å². The van der Waals surface area contributed by atoms with E-state index in [4.69, 9.17) is 5.11 Å². The second kappa shape index (κ2) is 4.75. The van der Waals surface area contributed by atoms with E-state index in [1.807, 2.05) is 6.92 Å². The molecule has 3 rings (SSSR count). The zero-order chi connectivity index (χ0) is 16.1. The van der Waals surface area contributed by atoms with Gasteiger partial charge in [0.2, 0.25) is 0 Å². The first-order valence-corrected chi connectivity index (χ1v) is 6.63. The first-order chi connectivity index (χ1) is 10.3. The first kappa shape index (κ1) is 14.4. The number of alkyl halides is 2. The number of aromatic nitrogens is 2. The fraction of sp³-hybridized carbons (Fsp3) is 0.357. The van der Waals surface area contributed by atoms with Gasteiger partial charge in [0.25, 0.3) is 11.5 Å². The Labute approximate surface area is 123 Å². The molecule has 1 saturated heterocycles. The van der Waals surface area contributed by atoms with Gasteiger partial charge in [-0.05, 0) is 19.1 Å². The molecule has 1 N–H and O–H groups in total. The number of nitrogens with zero attached hydrogens (tertiary/aromatic N) is 3. The lowest BCUT2D eigenvalue weighted by Crippen LogP contribution is -2.57. The van der Waals surface area contributed by atoms with Crippen molar-refractivity contribution >= 4 is 22.6 Å². The minimum atomic E-state index is -2.79. The van der Waals surface area contributed by atoms with Gasteiger partial charge in [-0.3, -0.25) is 9.59 Å². The average molecular weight is 309 g/mol. The van der Waals surface area contributed by atoms with E-state index < -0.39 is 37.1 Å². The van der Waals surface area contributed by atoms with Crippen molar-refractivity contribution in [3.05, 3.63) is 34.1 Å². The highest BCUT2D eigenvalue weighted by molar-refractivity contribution is 5.92. The molecule has 0 bridgehead atoms. The number of hydrogen-bond donors (Lipinski definition) is 1. The Kier molecular flexibility index (Phi) is 3.12. The van der Waals surface area contributed by atoms with Crippen molar-refractivity contribution in [2.45, 2.75) is 19.4 Å². The van der Waals surface area contributed by atoms with Crippen LogP contribution in [-0.2, 0) is 11.3 Å². The first-order valence-electron chi connectivity index (χ1n) is 6.63. The molecule has 0 spiro atoms. The van der Waals surface area contributed by atoms with Gasteiger partial charge in [-0.1, -0.05) is 11.6 Å². The van der Waals surface area contributed by atoms with Gasteiger partial charge < -0.3 is 10.0 Å². The van der Waals surface area contributed by atoms with Crippen molar-refractivity contribution in [3.8, 4) is 0 Å². The highest BCUT2D eigenvalue weighted by Crippen LogP contribution is 2.33. The summed E-state index contributed by atoms with van der Waals surface area (Å²) in [7, 11) is 0. The van der Waals surface area contributed by atoms with Crippen molar-refractivity contribution in [2.75, 3.05) is 18.0 Å². The van der Waals surface area contributed by atoms with Crippen LogP contribution in [0.5, 0.6) is 0 Å². The van der Waals surface area contributed by atoms with Crippen LogP contribution in [-0.4, -0.2) is 39.9 Å². The van der Waals surface area contributed by atoms with Crippen LogP contribution < -0.4 is 10.5 Å². The van der Waals surface area contributed by atoms with Gasteiger partial charge in [-0.2, -0.15) is 5.10 Å². The molecule has 0 aliphatic carbocycles. The molecule has 1 aromatic carbocycles. The number of aryl methyl sites for hydroxylation is 1. The van der Waals surface area contributed by atoms with E-state index in [9.17, 15) is 18.4 Å². The maximum Gasteiger partial charge on any atom is 0.325 e. The predicted molar refractivity (Wildman–Crippen MR) is 75.5 cm³/mol. The maximum atomic E-state index is 13.1. The van der Waals surface area contributed by atoms with Gasteiger partial charge in [-0.25, -0.2) is 13.5 Å². The molecule has 2 aromatic rings. The number of aliphatic carboxylic acids is 1. The number of hydrogen-bond acceptors (Lipinski definition) is 4. The topological polar surface area (TPSA) is 75.4 Å². The number of carboxylic acid groups (broad SMARTS) is 1. The summed E-state index contributed by atoms with van der Waals surface area (Å²) >= 11 is 0. The minimum Gasteiger partial charge on any atom is -0.480 e. The third-order valence-corrected chi connectivity index (χ3v) is 3.53. The monoisotopic (exact) mass is 309 g/mol. The lowest BCUT2D eigenvalue weighted by atomic mass is 10.1. The fourth-order valence-corrected chi connectivity index (χ4v) is 2.51. The summed E-state index contributed by atoms with van der Waals surface area (Å²) in [6.07, 6.45) is 0. The minimum absolute atomic E-state index is 0.213. The van der Waals surface area contributed by atoms with Crippen LogP contribution in [0.25, 0.3) is 10.8 Å². The van der Waals surface area contributed by atoms with Gasteiger partial charge in [0.15, 0.2) is 5.82 Å². The fourth-order valence-electron chi connectivity index (χ4n) is 2.51. The lowest BCUT2D eigenvalue weighted by molar-refractivity contribution is -0.138. The van der Waals surface area contributed by atoms with E-state index in [1.165, 1.54) is 4.90 Å². The molecule has 0 atom stereocenters. The van der Waals surface area contributed by atoms with E-state index in [0.717, 1.165) is 10.2 Å². The maximum absolute atomic E-state index is 13.1. The summed E-state index contributed by atoms with van der Waals surface area (Å²) in [4.78, 5) is 24.4. The Hall–Kier alpha value is -2.51. The summed E-state index contributed by atoms with van der Waals surface area (Å²) in [6, 6.07) is 4.97. The second-order valence-corrected chi connectivity index (χ2v) is 5.44. The molecule has 0 unspecified atom stereocenters. The highest BCUT2D eigenvalue weighted by Gasteiger charge is 2.45. The summed E-state index contributed by atoms with van der Waals surface area (Å²) in [6.45, 7) is 0.221. The van der Waals surface area contributed by atoms with Gasteiger partial charge in [0.05, 0.1) is 18.5 Å². The smallest absolute Gasteiger partial charge is 0.325 e. The van der Waals surface area contributed by atoms with Crippen LogP contribution in [0.3, 0.4) is 0 Å². The summed E-state index contributed by atoms with van der Waals surface area (Å²) in [5.74, 6) is -3.79. The van der Waals surface area contributed by atoms with E-state index in [0.29, 0.717) is 5.39 Å². The third-order valence-electron chi connectivity index (χ3n) is 3.53. The Morgan fingerprint density at radius 1 is 1.36 bits per heavy atom. The SMILES string of the molecule is Cc1ccc2c(=O)n(CC(=O)O)nc(N3CC(F)(F)C3)c2c1. The largest absolute Gasteiger partial charge is 0.480 e. The molecule has 1 aromatic heterocycles. The number of halogens is 2. The Balaban J connectivity index is 2.20. The van der Waals surface area contributed by atoms with Gasteiger partial charge in [0.1, 0.15) is 6.54 Å². The molecule has 0 amide bonds. The average Bonchev–Trinajstić information content (AvgIpc) is 2.38. The van der Waals surface area contributed by atoms with Crippen molar-refractivity contribution < 1.29 is 18.7 Å². The predicted octanol–water partition coefficient (Wildman–Crippen LogP) is 1.24. The molecule has 8 heteroatoms. The van der Waals surface area contributed by atoms with E-state index >= 15 is 0 Å². The molecule has 1 fully saturated rings. The number of rotatable bonds is 3. The van der Waals surface area contributed by atoms with Crippen LogP contribution in [0.2, 0.25) is 0 Å². The molecule has 1 aliphatic rings. The van der Waals surface area contributed by atoms with Crippen molar-refractivity contribution in [2.24, 2.45) is 0 Å². The Morgan fingerprint density at radius 2 is 2.05 bits per heavy atom. The highest BCUT2D eigenvalue weighted by atomic mass is 19.3. The number of carboxylic acids is 1. The van der Waals surface area contributed by atoms with Gasteiger partial charge >= 0.3 is 5.97 Å². The Bertz CT molecular complexity index is 824. The number of carbonyl (C=O) groups is 1. The number of fused-ring (bicyclic) bond motifs is 1.